The number of nitrogens with zero attached hydrogens (tertiary/aromatic N) is 2. The van der Waals surface area contributed by atoms with Crippen molar-refractivity contribution in [1.29, 1.82) is 0 Å². The number of fused-ring (bicyclic) bond motifs is 1. The molecule has 112 valence electrons. The van der Waals surface area contributed by atoms with Crippen LogP contribution >= 0.6 is 0 Å². The molecule has 1 aromatic heterocycles. The summed E-state index contributed by atoms with van der Waals surface area (Å²) in [6, 6.07) is 5.00. The van der Waals surface area contributed by atoms with E-state index in [1.807, 2.05) is 4.57 Å². The summed E-state index contributed by atoms with van der Waals surface area (Å²) in [6.07, 6.45) is 8.32. The molecule has 0 unspecified atom stereocenters. The number of imidazole rings is 1. The van der Waals surface area contributed by atoms with Crippen molar-refractivity contribution in [3.8, 4) is 0 Å². The number of ether oxygens (including phenoxy) is 1. The fourth-order valence-corrected chi connectivity index (χ4v) is 2.92. The zero-order valence-electron chi connectivity index (χ0n) is 12.0. The van der Waals surface area contributed by atoms with Crippen molar-refractivity contribution in [3.05, 3.63) is 30.1 Å². The Morgan fingerprint density at radius 2 is 2.14 bits per heavy atom. The van der Waals surface area contributed by atoms with E-state index in [1.165, 1.54) is 19.3 Å². The van der Waals surface area contributed by atoms with Crippen LogP contribution in [0.15, 0.2) is 24.5 Å². The Morgan fingerprint density at radius 3 is 2.90 bits per heavy atom. The fraction of sp³-hybridized carbons (Fsp3) is 0.500. The number of aromatic nitrogens is 2. The predicted octanol–water partition coefficient (Wildman–Crippen LogP) is 3.08. The minimum atomic E-state index is -0.914. The number of hydrogen-bond donors (Lipinski definition) is 1. The van der Waals surface area contributed by atoms with Gasteiger partial charge in [-0.15, -0.1) is 0 Å². The lowest BCUT2D eigenvalue weighted by atomic mass is 9.98. The van der Waals surface area contributed by atoms with Crippen molar-refractivity contribution in [2.75, 3.05) is 6.61 Å². The van der Waals surface area contributed by atoms with E-state index in [2.05, 4.69) is 4.98 Å². The van der Waals surface area contributed by atoms with Gasteiger partial charge in [-0.25, -0.2) is 9.78 Å². The highest BCUT2D eigenvalue weighted by atomic mass is 16.5. The first-order valence-corrected chi connectivity index (χ1v) is 7.54. The molecule has 0 aliphatic heterocycles. The fourth-order valence-electron chi connectivity index (χ4n) is 2.92. The van der Waals surface area contributed by atoms with Crippen LogP contribution < -0.4 is 0 Å². The van der Waals surface area contributed by atoms with Gasteiger partial charge in [0.2, 0.25) is 0 Å². The molecule has 0 amide bonds. The zero-order valence-corrected chi connectivity index (χ0v) is 12.0. The van der Waals surface area contributed by atoms with Crippen LogP contribution in [0.5, 0.6) is 0 Å². The van der Waals surface area contributed by atoms with Gasteiger partial charge in [0.15, 0.2) is 0 Å². The Bertz CT molecular complexity index is 629. The summed E-state index contributed by atoms with van der Waals surface area (Å²) >= 11 is 0. The Morgan fingerprint density at radius 1 is 1.33 bits per heavy atom. The minimum absolute atomic E-state index is 0.289. The van der Waals surface area contributed by atoms with Crippen molar-refractivity contribution in [2.24, 2.45) is 0 Å². The molecule has 0 atom stereocenters. The SMILES string of the molecule is O=C(O)c1ccc2ncn(CCOC3CCCCC3)c2c1. The van der Waals surface area contributed by atoms with Gasteiger partial charge in [-0.05, 0) is 31.0 Å². The van der Waals surface area contributed by atoms with E-state index < -0.39 is 5.97 Å². The second-order valence-corrected chi connectivity index (χ2v) is 5.58. The molecule has 1 aliphatic carbocycles. The topological polar surface area (TPSA) is 64.3 Å². The van der Waals surface area contributed by atoms with Gasteiger partial charge in [0.1, 0.15) is 0 Å². The zero-order chi connectivity index (χ0) is 14.7. The summed E-state index contributed by atoms with van der Waals surface area (Å²) in [5, 5.41) is 9.06. The predicted molar refractivity (Wildman–Crippen MR) is 79.5 cm³/mol. The summed E-state index contributed by atoms with van der Waals surface area (Å²) in [6.45, 7) is 1.35. The van der Waals surface area contributed by atoms with Crippen molar-refractivity contribution in [2.45, 2.75) is 44.8 Å². The molecule has 21 heavy (non-hydrogen) atoms. The van der Waals surface area contributed by atoms with E-state index in [9.17, 15) is 4.79 Å². The summed E-state index contributed by atoms with van der Waals surface area (Å²) in [5.41, 5.74) is 1.96. The molecule has 2 aromatic rings. The second kappa shape index (κ2) is 6.26. The lowest BCUT2D eigenvalue weighted by Crippen LogP contribution is -2.19. The molecule has 1 aliphatic rings. The Kier molecular flexibility index (Phi) is 4.20. The van der Waals surface area contributed by atoms with Crippen LogP contribution in [0.2, 0.25) is 0 Å². The molecule has 5 heteroatoms. The minimum Gasteiger partial charge on any atom is -0.478 e. The quantitative estimate of drug-likeness (QED) is 0.918. The van der Waals surface area contributed by atoms with Crippen LogP contribution in [-0.2, 0) is 11.3 Å². The van der Waals surface area contributed by atoms with Gasteiger partial charge in [0, 0.05) is 6.54 Å². The van der Waals surface area contributed by atoms with Crippen LogP contribution in [0.25, 0.3) is 11.0 Å². The number of hydrogen-bond acceptors (Lipinski definition) is 3. The molecule has 1 N–H and O–H groups in total. The van der Waals surface area contributed by atoms with Crippen molar-refractivity contribution >= 4 is 17.0 Å². The van der Waals surface area contributed by atoms with Gasteiger partial charge in [-0.1, -0.05) is 19.3 Å². The van der Waals surface area contributed by atoms with E-state index in [0.29, 0.717) is 19.3 Å². The first-order valence-electron chi connectivity index (χ1n) is 7.54. The molecule has 1 saturated carbocycles. The van der Waals surface area contributed by atoms with Gasteiger partial charge in [-0.2, -0.15) is 0 Å². The van der Waals surface area contributed by atoms with Crippen LogP contribution in [0.1, 0.15) is 42.5 Å². The number of carboxylic acids is 1. The number of benzene rings is 1. The molecule has 1 fully saturated rings. The number of aromatic carboxylic acids is 1. The van der Waals surface area contributed by atoms with Crippen LogP contribution in [0.4, 0.5) is 0 Å². The average Bonchev–Trinajstić information content (AvgIpc) is 2.91. The third-order valence-electron chi connectivity index (χ3n) is 4.11. The number of carboxylic acid groups (broad SMARTS) is 1. The first-order chi connectivity index (χ1) is 10.2. The molecular formula is C16H20N2O3. The first kappa shape index (κ1) is 14.1. The molecule has 5 nitrogen and oxygen atoms in total. The molecule has 1 aromatic carbocycles. The molecule has 0 saturated heterocycles. The maximum absolute atomic E-state index is 11.0. The lowest BCUT2D eigenvalue weighted by molar-refractivity contribution is 0.0244. The Hall–Kier alpha value is -1.88. The molecular weight excluding hydrogens is 268 g/mol. The normalized spacial score (nSPS) is 16.4. The summed E-state index contributed by atoms with van der Waals surface area (Å²) < 4.78 is 7.88. The monoisotopic (exact) mass is 288 g/mol. The van der Waals surface area contributed by atoms with E-state index in [-0.39, 0.29) is 5.56 Å². The second-order valence-electron chi connectivity index (χ2n) is 5.58. The molecule has 3 rings (SSSR count). The van der Waals surface area contributed by atoms with Gasteiger partial charge in [0.05, 0.1) is 35.6 Å². The lowest BCUT2D eigenvalue weighted by Gasteiger charge is -2.22. The summed E-state index contributed by atoms with van der Waals surface area (Å²) in [5.74, 6) is -0.914. The van der Waals surface area contributed by atoms with Gasteiger partial charge < -0.3 is 14.4 Å². The standard InChI is InChI=1S/C16H20N2O3/c19-16(20)12-6-7-14-15(10-12)18(11-17-14)8-9-21-13-4-2-1-3-5-13/h6-7,10-11,13H,1-5,8-9H2,(H,19,20). The summed E-state index contributed by atoms with van der Waals surface area (Å²) in [7, 11) is 0. The Balaban J connectivity index is 1.65. The van der Waals surface area contributed by atoms with Crippen molar-refractivity contribution < 1.29 is 14.6 Å². The number of rotatable bonds is 5. The van der Waals surface area contributed by atoms with Crippen LogP contribution in [0.3, 0.4) is 0 Å². The molecule has 1 heterocycles. The molecule has 0 bridgehead atoms. The van der Waals surface area contributed by atoms with Crippen molar-refractivity contribution in [1.82, 2.24) is 9.55 Å². The maximum atomic E-state index is 11.0. The van der Waals surface area contributed by atoms with E-state index in [1.54, 1.807) is 24.5 Å². The number of carbonyl (C=O) groups is 1. The largest absolute Gasteiger partial charge is 0.478 e. The highest BCUT2D eigenvalue weighted by molar-refractivity contribution is 5.92. The van der Waals surface area contributed by atoms with Gasteiger partial charge in [-0.3, -0.25) is 0 Å². The highest BCUT2D eigenvalue weighted by Gasteiger charge is 2.14. The molecule has 0 spiro atoms. The van der Waals surface area contributed by atoms with Crippen LogP contribution in [0, 0.1) is 0 Å². The third-order valence-corrected chi connectivity index (χ3v) is 4.11. The highest BCUT2D eigenvalue weighted by Crippen LogP contribution is 2.20. The van der Waals surface area contributed by atoms with E-state index in [0.717, 1.165) is 23.9 Å². The third kappa shape index (κ3) is 3.24. The molecule has 0 radical (unpaired) electrons. The van der Waals surface area contributed by atoms with Gasteiger partial charge >= 0.3 is 5.97 Å². The van der Waals surface area contributed by atoms with Crippen LogP contribution in [-0.4, -0.2) is 33.3 Å². The van der Waals surface area contributed by atoms with E-state index in [4.69, 9.17) is 9.84 Å². The smallest absolute Gasteiger partial charge is 0.335 e. The van der Waals surface area contributed by atoms with Gasteiger partial charge in [0.25, 0.3) is 0 Å². The average molecular weight is 288 g/mol. The van der Waals surface area contributed by atoms with Crippen molar-refractivity contribution in [3.63, 3.8) is 0 Å². The maximum Gasteiger partial charge on any atom is 0.335 e. The Labute approximate surface area is 123 Å². The summed E-state index contributed by atoms with van der Waals surface area (Å²) in [4.78, 5) is 15.3. The van der Waals surface area contributed by atoms with E-state index >= 15 is 0 Å².